The van der Waals surface area contributed by atoms with Gasteiger partial charge in [0.1, 0.15) is 0 Å². The van der Waals surface area contributed by atoms with Gasteiger partial charge in [0.2, 0.25) is 0 Å². The Morgan fingerprint density at radius 3 is 2.58 bits per heavy atom. The molecule has 6 heteroatoms. The van der Waals surface area contributed by atoms with Crippen molar-refractivity contribution in [3.05, 3.63) is 39.9 Å². The van der Waals surface area contributed by atoms with E-state index in [0.29, 0.717) is 25.3 Å². The van der Waals surface area contributed by atoms with Crippen LogP contribution in [0.2, 0.25) is 0 Å². The molecule has 1 aliphatic rings. The highest BCUT2D eigenvalue weighted by atomic mass is 79.9. The average molecular weight is 335 g/mol. The van der Waals surface area contributed by atoms with Crippen LogP contribution in [0.4, 0.5) is 18.9 Å². The third kappa shape index (κ3) is 3.51. The van der Waals surface area contributed by atoms with Crippen LogP contribution in [-0.4, -0.2) is 24.2 Å². The third-order valence-corrected chi connectivity index (χ3v) is 3.94. The van der Waals surface area contributed by atoms with Crippen molar-refractivity contribution in [2.24, 2.45) is 0 Å². The lowest BCUT2D eigenvalue weighted by Crippen LogP contribution is -2.31. The van der Waals surface area contributed by atoms with Crippen molar-refractivity contribution in [1.29, 1.82) is 0 Å². The van der Waals surface area contributed by atoms with Gasteiger partial charge in [0.25, 0.3) is 0 Å². The molecule has 1 aromatic carbocycles. The summed E-state index contributed by atoms with van der Waals surface area (Å²) in [6.45, 7) is 1.25. The fourth-order valence-electron chi connectivity index (χ4n) is 2.08. The van der Waals surface area contributed by atoms with E-state index in [9.17, 15) is 13.2 Å². The molecule has 104 valence electrons. The highest BCUT2D eigenvalue weighted by Gasteiger charge is 2.34. The minimum Gasteiger partial charge on any atom is -0.398 e. The molecule has 1 aliphatic heterocycles. The van der Waals surface area contributed by atoms with Crippen molar-refractivity contribution in [2.45, 2.75) is 19.1 Å². The van der Waals surface area contributed by atoms with Crippen LogP contribution in [-0.2, 0) is 6.54 Å². The predicted molar refractivity (Wildman–Crippen MR) is 72.6 cm³/mol. The summed E-state index contributed by atoms with van der Waals surface area (Å²) in [6.07, 6.45) is -2.90. The van der Waals surface area contributed by atoms with Gasteiger partial charge in [-0.25, -0.2) is 0 Å². The monoisotopic (exact) mass is 334 g/mol. The Balaban J connectivity index is 2.06. The van der Waals surface area contributed by atoms with Gasteiger partial charge >= 0.3 is 6.18 Å². The normalized spacial score (nSPS) is 17.4. The molecule has 19 heavy (non-hydrogen) atoms. The summed E-state index contributed by atoms with van der Waals surface area (Å²) in [7, 11) is 0. The minimum absolute atomic E-state index is 0.0356. The maximum atomic E-state index is 12.5. The number of halogens is 4. The van der Waals surface area contributed by atoms with E-state index in [0.717, 1.165) is 10.0 Å². The molecule has 0 saturated carbocycles. The van der Waals surface area contributed by atoms with Crippen LogP contribution in [0.25, 0.3) is 0 Å². The van der Waals surface area contributed by atoms with Crippen LogP contribution in [0.5, 0.6) is 0 Å². The maximum Gasteiger partial charge on any atom is 0.412 e. The van der Waals surface area contributed by atoms with Gasteiger partial charge in [-0.15, -0.1) is 0 Å². The van der Waals surface area contributed by atoms with Crippen molar-refractivity contribution in [1.82, 2.24) is 4.90 Å². The molecule has 0 aliphatic carbocycles. The summed E-state index contributed by atoms with van der Waals surface area (Å²) in [4.78, 5) is 1.95. The number of nitrogen functional groups attached to an aromatic ring is 1. The number of nitrogens with two attached hydrogens (primary N) is 1. The van der Waals surface area contributed by atoms with Crippen molar-refractivity contribution in [3.63, 3.8) is 0 Å². The summed E-state index contributed by atoms with van der Waals surface area (Å²) in [5, 5.41) is 0. The second kappa shape index (κ2) is 5.54. The van der Waals surface area contributed by atoms with E-state index in [1.165, 1.54) is 6.08 Å². The first-order chi connectivity index (χ1) is 8.88. The highest BCUT2D eigenvalue weighted by molar-refractivity contribution is 9.10. The quantitative estimate of drug-likeness (QED) is 0.659. The standard InChI is InChI=1S/C13H14BrF3N2/c14-11-2-1-3-12(18)10(11)8-19-6-4-9(5-7-19)13(15,16)17/h1-4H,5-8,18H2. The number of nitrogens with zero attached hydrogens (tertiary/aromatic N) is 1. The van der Waals surface area contributed by atoms with Crippen LogP contribution >= 0.6 is 15.9 Å². The van der Waals surface area contributed by atoms with Crippen molar-refractivity contribution in [3.8, 4) is 0 Å². The van der Waals surface area contributed by atoms with Crippen LogP contribution in [0.1, 0.15) is 12.0 Å². The van der Waals surface area contributed by atoms with Crippen LogP contribution < -0.4 is 5.73 Å². The number of rotatable bonds is 2. The van der Waals surface area contributed by atoms with Crippen LogP contribution in [0, 0.1) is 0 Å². The molecule has 2 N–H and O–H groups in total. The van der Waals surface area contributed by atoms with Gasteiger partial charge in [0, 0.05) is 40.9 Å². The van der Waals surface area contributed by atoms with E-state index in [4.69, 9.17) is 5.73 Å². The topological polar surface area (TPSA) is 29.3 Å². The number of hydrogen-bond donors (Lipinski definition) is 1. The lowest BCUT2D eigenvalue weighted by atomic mass is 10.1. The Morgan fingerprint density at radius 2 is 2.05 bits per heavy atom. The lowest BCUT2D eigenvalue weighted by Gasteiger charge is -2.27. The summed E-state index contributed by atoms with van der Waals surface area (Å²) in [6, 6.07) is 5.51. The zero-order chi connectivity index (χ0) is 14.0. The Morgan fingerprint density at radius 1 is 1.32 bits per heavy atom. The molecular weight excluding hydrogens is 321 g/mol. The molecule has 1 aromatic rings. The smallest absolute Gasteiger partial charge is 0.398 e. The van der Waals surface area contributed by atoms with E-state index < -0.39 is 11.7 Å². The van der Waals surface area contributed by atoms with E-state index in [1.54, 1.807) is 6.07 Å². The molecule has 0 amide bonds. The molecule has 0 unspecified atom stereocenters. The third-order valence-electron chi connectivity index (χ3n) is 3.19. The lowest BCUT2D eigenvalue weighted by molar-refractivity contribution is -0.0960. The summed E-state index contributed by atoms with van der Waals surface area (Å²) >= 11 is 3.42. The minimum atomic E-state index is -4.20. The van der Waals surface area contributed by atoms with Gasteiger partial charge in [-0.1, -0.05) is 28.1 Å². The van der Waals surface area contributed by atoms with Gasteiger partial charge in [0.05, 0.1) is 0 Å². The molecule has 0 atom stereocenters. The van der Waals surface area contributed by atoms with Gasteiger partial charge in [-0.05, 0) is 18.6 Å². The molecule has 0 bridgehead atoms. The first kappa shape index (κ1) is 14.4. The van der Waals surface area contributed by atoms with Crippen molar-refractivity contribution < 1.29 is 13.2 Å². The molecule has 0 fully saturated rings. The van der Waals surface area contributed by atoms with E-state index in [-0.39, 0.29) is 6.42 Å². The zero-order valence-corrected chi connectivity index (χ0v) is 11.8. The Labute approximate surface area is 118 Å². The molecule has 2 nitrogen and oxygen atoms in total. The highest BCUT2D eigenvalue weighted by Crippen LogP contribution is 2.31. The fraction of sp³-hybridized carbons (Fsp3) is 0.385. The van der Waals surface area contributed by atoms with Gasteiger partial charge < -0.3 is 5.73 Å². The second-order valence-electron chi connectivity index (χ2n) is 4.52. The molecule has 0 saturated heterocycles. The van der Waals surface area contributed by atoms with Crippen LogP contribution in [0.15, 0.2) is 34.3 Å². The first-order valence-electron chi connectivity index (χ1n) is 5.89. The Bertz CT molecular complexity index is 477. The van der Waals surface area contributed by atoms with Crippen LogP contribution in [0.3, 0.4) is 0 Å². The molecular formula is C13H14BrF3N2. The van der Waals surface area contributed by atoms with Gasteiger partial charge in [0.15, 0.2) is 0 Å². The number of anilines is 1. The Kier molecular flexibility index (Phi) is 4.20. The number of benzene rings is 1. The van der Waals surface area contributed by atoms with Crippen molar-refractivity contribution >= 4 is 21.6 Å². The van der Waals surface area contributed by atoms with Gasteiger partial charge in [-0.3, -0.25) is 4.90 Å². The van der Waals surface area contributed by atoms with E-state index in [1.807, 2.05) is 17.0 Å². The van der Waals surface area contributed by atoms with Crippen molar-refractivity contribution in [2.75, 3.05) is 18.8 Å². The maximum absolute atomic E-state index is 12.5. The summed E-state index contributed by atoms with van der Waals surface area (Å²) in [5.41, 5.74) is 7.03. The average Bonchev–Trinajstić information content (AvgIpc) is 2.33. The molecule has 2 rings (SSSR count). The first-order valence-corrected chi connectivity index (χ1v) is 6.68. The molecule has 0 radical (unpaired) electrons. The fourth-order valence-corrected chi connectivity index (χ4v) is 2.58. The molecule has 0 aromatic heterocycles. The SMILES string of the molecule is Nc1cccc(Br)c1CN1CC=C(C(F)(F)F)CC1. The Hall–Kier alpha value is -1.01. The number of alkyl halides is 3. The largest absolute Gasteiger partial charge is 0.412 e. The summed E-state index contributed by atoms with van der Waals surface area (Å²) < 4.78 is 38.4. The molecule has 1 heterocycles. The predicted octanol–water partition coefficient (Wildman–Crippen LogP) is 3.73. The summed E-state index contributed by atoms with van der Waals surface area (Å²) in [5.74, 6) is 0. The molecule has 0 spiro atoms. The van der Waals surface area contributed by atoms with E-state index >= 15 is 0 Å². The second-order valence-corrected chi connectivity index (χ2v) is 5.37. The van der Waals surface area contributed by atoms with Gasteiger partial charge in [-0.2, -0.15) is 13.2 Å². The number of hydrogen-bond acceptors (Lipinski definition) is 2. The van der Waals surface area contributed by atoms with E-state index in [2.05, 4.69) is 15.9 Å². The zero-order valence-electron chi connectivity index (χ0n) is 10.2.